The first-order chi connectivity index (χ1) is 35.1. The van der Waals surface area contributed by atoms with Gasteiger partial charge in [-0.15, -0.1) is 0 Å². The molecule has 1 fully saturated rings. The molecule has 0 aromatic heterocycles. The van der Waals surface area contributed by atoms with Crippen molar-refractivity contribution >= 4 is 11.4 Å². The van der Waals surface area contributed by atoms with E-state index in [2.05, 4.69) is 291 Å². The van der Waals surface area contributed by atoms with E-state index in [0.717, 1.165) is 13.1 Å². The highest BCUT2D eigenvalue weighted by atomic mass is 15.4. The van der Waals surface area contributed by atoms with Gasteiger partial charge in [0.15, 0.2) is 0 Å². The third-order valence-electron chi connectivity index (χ3n) is 14.5. The molecule has 10 aromatic rings. The number of hydrogen-bond acceptors (Lipinski definition) is 2. The Balaban J connectivity index is 1.17. The molecule has 0 atom stereocenters. The normalized spacial score (nSPS) is 12.6. The molecule has 0 radical (unpaired) electrons. The molecule has 10 aromatic carbocycles. The van der Waals surface area contributed by atoms with Crippen molar-refractivity contribution < 1.29 is 0 Å². The van der Waals surface area contributed by atoms with E-state index >= 15 is 0 Å². The van der Waals surface area contributed by atoms with Crippen LogP contribution in [0.15, 0.2) is 267 Å². The smallest absolute Gasteiger partial charge is 0.0904 e. The molecule has 1 saturated heterocycles. The van der Waals surface area contributed by atoms with Gasteiger partial charge in [-0.1, -0.05) is 278 Å². The van der Waals surface area contributed by atoms with E-state index in [-0.39, 0.29) is 23.7 Å². The molecule has 71 heavy (non-hydrogen) atoms. The fraction of sp³-hybridized carbons (Fsp3) is 0.130. The second-order valence-electron chi connectivity index (χ2n) is 19.3. The molecule has 0 saturated carbocycles. The zero-order chi connectivity index (χ0) is 47.9. The monoisotopic (exact) mass is 916 g/mol. The average Bonchev–Trinajstić information content (AvgIpc) is 3.91. The Morgan fingerprint density at radius 2 is 0.423 bits per heavy atom. The molecule has 1 heterocycles. The minimum absolute atomic E-state index is 0.00104. The molecule has 11 rings (SSSR count). The Labute approximate surface area is 421 Å². The second kappa shape index (κ2) is 20.8. The van der Waals surface area contributed by atoms with Crippen LogP contribution in [0.2, 0.25) is 0 Å². The molecular weight excluding hydrogens is 857 g/mol. The molecule has 346 valence electrons. The maximum absolute atomic E-state index is 2.73. The SMILES string of the molecule is Cc1cc(C(c2ccccc2)c2ccccc2)c(N2CCN(c3c(C(c4ccccc4)c4ccccc4)cc(C)cc3C(c3ccccc3)c3ccccc3)C2)c(C(c2ccccc2)c2ccccc2)c1. The van der Waals surface area contributed by atoms with Crippen LogP contribution in [-0.4, -0.2) is 19.8 Å². The van der Waals surface area contributed by atoms with Crippen molar-refractivity contribution in [2.24, 2.45) is 0 Å². The highest BCUT2D eigenvalue weighted by molar-refractivity contribution is 5.74. The molecule has 0 amide bonds. The van der Waals surface area contributed by atoms with E-state index in [4.69, 9.17) is 0 Å². The van der Waals surface area contributed by atoms with Crippen molar-refractivity contribution in [2.75, 3.05) is 29.6 Å². The van der Waals surface area contributed by atoms with E-state index < -0.39 is 0 Å². The Bertz CT molecular complexity index is 2700. The van der Waals surface area contributed by atoms with Gasteiger partial charge in [-0.3, -0.25) is 0 Å². The maximum atomic E-state index is 2.73. The minimum Gasteiger partial charge on any atom is -0.352 e. The summed E-state index contributed by atoms with van der Waals surface area (Å²) in [6.45, 7) is 7.00. The summed E-state index contributed by atoms with van der Waals surface area (Å²) in [4.78, 5) is 5.46. The highest BCUT2D eigenvalue weighted by Crippen LogP contribution is 2.50. The van der Waals surface area contributed by atoms with Crippen LogP contribution in [0.3, 0.4) is 0 Å². The summed E-state index contributed by atoms with van der Waals surface area (Å²) in [6, 6.07) is 99.3. The standard InChI is InChI=1S/C69H60N2/c1-50-45-60(64(52-27-11-3-12-28-52)53-29-13-4-14-30-53)68(61(46-50)65(54-31-15-5-16-32-54)55-33-17-6-18-34-55)70-43-44-71(49-70)69-62(66(56-35-19-7-20-36-56)57-37-21-8-22-38-57)47-51(2)48-63(69)67(58-39-23-9-24-40-58)59-41-25-10-26-42-59/h3-42,45-48,64-67H,43-44,49H2,1-2H3. The fourth-order valence-electron chi connectivity index (χ4n) is 11.6. The number of anilines is 2. The molecule has 0 N–H and O–H groups in total. The van der Waals surface area contributed by atoms with Crippen molar-refractivity contribution in [1.82, 2.24) is 0 Å². The average molecular weight is 917 g/mol. The summed E-state index contributed by atoms with van der Waals surface area (Å²) in [5, 5.41) is 0. The van der Waals surface area contributed by atoms with Crippen molar-refractivity contribution in [3.05, 3.63) is 345 Å². The number of hydrogen-bond donors (Lipinski definition) is 0. The largest absolute Gasteiger partial charge is 0.352 e. The van der Waals surface area contributed by atoms with Crippen LogP contribution in [0.25, 0.3) is 0 Å². The van der Waals surface area contributed by atoms with Crippen LogP contribution in [0.5, 0.6) is 0 Å². The number of nitrogens with zero attached hydrogens (tertiary/aromatic N) is 2. The summed E-state index contributed by atoms with van der Waals surface area (Å²) in [7, 11) is 0. The van der Waals surface area contributed by atoms with Gasteiger partial charge in [0, 0.05) is 48.1 Å². The third kappa shape index (κ3) is 9.47. The lowest BCUT2D eigenvalue weighted by atomic mass is 9.77. The minimum atomic E-state index is -0.00104. The zero-order valence-corrected chi connectivity index (χ0v) is 40.7. The van der Waals surface area contributed by atoms with Gasteiger partial charge in [0.25, 0.3) is 0 Å². The van der Waals surface area contributed by atoms with E-state index in [0.29, 0.717) is 6.67 Å². The van der Waals surface area contributed by atoms with E-state index in [1.54, 1.807) is 0 Å². The van der Waals surface area contributed by atoms with Gasteiger partial charge in [-0.2, -0.15) is 0 Å². The highest BCUT2D eigenvalue weighted by Gasteiger charge is 2.36. The van der Waals surface area contributed by atoms with Gasteiger partial charge in [0.1, 0.15) is 0 Å². The van der Waals surface area contributed by atoms with Crippen molar-refractivity contribution in [2.45, 2.75) is 37.5 Å². The molecule has 2 heteroatoms. The van der Waals surface area contributed by atoms with Gasteiger partial charge in [-0.25, -0.2) is 0 Å². The molecular formula is C69H60N2. The molecule has 1 aliphatic rings. The summed E-state index contributed by atoms with van der Waals surface area (Å²) in [5.74, 6) is -0.00416. The Hall–Kier alpha value is -8.20. The van der Waals surface area contributed by atoms with Gasteiger partial charge in [0.05, 0.1) is 6.67 Å². The lowest BCUT2D eigenvalue weighted by Crippen LogP contribution is -2.30. The van der Waals surface area contributed by atoms with Crippen LogP contribution < -0.4 is 9.80 Å². The van der Waals surface area contributed by atoms with Crippen LogP contribution in [0, 0.1) is 13.8 Å². The number of rotatable bonds is 14. The lowest BCUT2D eigenvalue weighted by molar-refractivity contribution is 0.859. The predicted molar refractivity (Wildman–Crippen MR) is 297 cm³/mol. The van der Waals surface area contributed by atoms with Crippen LogP contribution in [-0.2, 0) is 0 Å². The molecule has 0 bridgehead atoms. The number of benzene rings is 10. The van der Waals surface area contributed by atoms with Crippen LogP contribution in [0.1, 0.15) is 102 Å². The molecule has 1 aliphatic heterocycles. The first-order valence-corrected chi connectivity index (χ1v) is 25.3. The van der Waals surface area contributed by atoms with Crippen molar-refractivity contribution in [1.29, 1.82) is 0 Å². The van der Waals surface area contributed by atoms with Gasteiger partial charge in [0.2, 0.25) is 0 Å². The van der Waals surface area contributed by atoms with Crippen LogP contribution >= 0.6 is 0 Å². The lowest BCUT2D eigenvalue weighted by Gasteiger charge is -2.35. The Morgan fingerprint density at radius 1 is 0.254 bits per heavy atom. The molecule has 0 spiro atoms. The third-order valence-corrected chi connectivity index (χ3v) is 14.5. The Kier molecular flexibility index (Phi) is 13.3. The quantitative estimate of drug-likeness (QED) is 0.100. The first-order valence-electron chi connectivity index (χ1n) is 25.3. The van der Waals surface area contributed by atoms with Gasteiger partial charge in [-0.05, 0) is 80.6 Å². The van der Waals surface area contributed by atoms with Crippen molar-refractivity contribution in [3.8, 4) is 0 Å². The predicted octanol–water partition coefficient (Wildman–Crippen LogP) is 16.3. The fourth-order valence-corrected chi connectivity index (χ4v) is 11.6. The number of aryl methyl sites for hydroxylation is 2. The summed E-state index contributed by atoms with van der Waals surface area (Å²) in [5.41, 5.74) is 20.8. The van der Waals surface area contributed by atoms with Crippen LogP contribution in [0.4, 0.5) is 11.4 Å². The van der Waals surface area contributed by atoms with Gasteiger partial charge < -0.3 is 9.80 Å². The van der Waals surface area contributed by atoms with Gasteiger partial charge >= 0.3 is 0 Å². The van der Waals surface area contributed by atoms with Crippen molar-refractivity contribution in [3.63, 3.8) is 0 Å². The summed E-state index contributed by atoms with van der Waals surface area (Å²) < 4.78 is 0. The maximum Gasteiger partial charge on any atom is 0.0904 e. The zero-order valence-electron chi connectivity index (χ0n) is 40.7. The van der Waals surface area contributed by atoms with E-state index in [9.17, 15) is 0 Å². The summed E-state index contributed by atoms with van der Waals surface area (Å²) in [6.07, 6.45) is 0. The molecule has 0 aliphatic carbocycles. The van der Waals surface area contributed by atoms with E-state index in [1.165, 1.54) is 89.3 Å². The first kappa shape index (κ1) is 45.3. The second-order valence-corrected chi connectivity index (χ2v) is 19.3. The van der Waals surface area contributed by atoms with E-state index in [1.807, 2.05) is 0 Å². The molecule has 2 nitrogen and oxygen atoms in total. The topological polar surface area (TPSA) is 6.48 Å². The molecule has 0 unspecified atom stereocenters. The summed E-state index contributed by atoms with van der Waals surface area (Å²) >= 11 is 0. The Morgan fingerprint density at radius 3 is 0.592 bits per heavy atom.